The molecule has 1 aliphatic carbocycles. The van der Waals surface area contributed by atoms with Gasteiger partial charge in [-0.15, -0.1) is 0 Å². The van der Waals surface area contributed by atoms with Crippen LogP contribution in [-0.4, -0.2) is 29.9 Å². The van der Waals surface area contributed by atoms with Gasteiger partial charge in [0.05, 0.1) is 0 Å². The highest BCUT2D eigenvalue weighted by atomic mass is 79.9. The molecule has 2 fully saturated rings. The quantitative estimate of drug-likeness (QED) is 0.713. The minimum Gasteiger partial charge on any atom is -0.303 e. The minimum absolute atomic E-state index is 0.633. The van der Waals surface area contributed by atoms with Gasteiger partial charge in [0.2, 0.25) is 0 Å². The molecule has 1 heterocycles. The molecule has 2 aliphatic rings. The lowest BCUT2D eigenvalue weighted by Gasteiger charge is -2.40. The predicted octanol–water partition coefficient (Wildman–Crippen LogP) is 4.82. The van der Waals surface area contributed by atoms with Crippen molar-refractivity contribution in [2.75, 3.05) is 25.0 Å². The molecular weight excluding hydrogens is 310 g/mol. The molecule has 1 unspecified atom stereocenters. The lowest BCUT2D eigenvalue weighted by molar-refractivity contribution is 0.105. The van der Waals surface area contributed by atoms with E-state index in [9.17, 15) is 0 Å². The number of nitrogens with zero attached hydrogens (tertiary/aromatic N) is 1. The summed E-state index contributed by atoms with van der Waals surface area (Å²) in [5, 5.41) is 1.07. The van der Waals surface area contributed by atoms with Crippen molar-refractivity contribution in [1.82, 2.24) is 4.90 Å². The van der Waals surface area contributed by atoms with E-state index in [0.29, 0.717) is 5.92 Å². The molecule has 0 radical (unpaired) electrons. The number of halogens is 1. The number of benzene rings is 1. The molecule has 1 nitrogen and oxygen atoms in total. The summed E-state index contributed by atoms with van der Waals surface area (Å²) >= 11 is 3.71. The lowest BCUT2D eigenvalue weighted by atomic mass is 9.77. The van der Waals surface area contributed by atoms with Crippen molar-refractivity contribution in [3.8, 4) is 0 Å². The molecule has 110 valence electrons. The second-order valence-corrected chi connectivity index (χ2v) is 7.42. The number of likely N-dealkylation sites (tertiary alicyclic amines) is 1. The van der Waals surface area contributed by atoms with Crippen LogP contribution in [0, 0.1) is 5.41 Å². The standard InChI is InChI=1S/C18H26BrN/c19-14-17(16-6-2-1-3-7-16)15-20-12-10-18(11-13-20)8-4-5-9-18/h1-3,6-7,17H,4-5,8-15H2. The fourth-order valence-corrected chi connectivity index (χ4v) is 4.69. The molecule has 1 atom stereocenters. The summed E-state index contributed by atoms with van der Waals surface area (Å²) in [7, 11) is 0. The molecule has 20 heavy (non-hydrogen) atoms. The van der Waals surface area contributed by atoms with Gasteiger partial charge in [0, 0.05) is 17.8 Å². The van der Waals surface area contributed by atoms with E-state index in [2.05, 4.69) is 51.2 Å². The van der Waals surface area contributed by atoms with Crippen molar-refractivity contribution in [3.05, 3.63) is 35.9 Å². The molecule has 1 saturated carbocycles. The van der Waals surface area contributed by atoms with Gasteiger partial charge in [-0.2, -0.15) is 0 Å². The summed E-state index contributed by atoms with van der Waals surface area (Å²) < 4.78 is 0. The predicted molar refractivity (Wildman–Crippen MR) is 89.6 cm³/mol. The third-order valence-corrected chi connectivity index (χ3v) is 6.30. The zero-order valence-corrected chi connectivity index (χ0v) is 13.9. The smallest absolute Gasteiger partial charge is 0.0112 e. The Morgan fingerprint density at radius 3 is 2.25 bits per heavy atom. The number of piperidine rings is 1. The largest absolute Gasteiger partial charge is 0.303 e. The second kappa shape index (κ2) is 6.62. The van der Waals surface area contributed by atoms with E-state index in [0.717, 1.165) is 10.7 Å². The monoisotopic (exact) mass is 335 g/mol. The highest BCUT2D eigenvalue weighted by molar-refractivity contribution is 9.09. The third-order valence-electron chi connectivity index (χ3n) is 5.52. The molecular formula is C18H26BrN. The average molecular weight is 336 g/mol. The molecule has 1 aliphatic heterocycles. The van der Waals surface area contributed by atoms with Crippen molar-refractivity contribution in [3.63, 3.8) is 0 Å². The van der Waals surface area contributed by atoms with Gasteiger partial charge in [-0.3, -0.25) is 0 Å². The van der Waals surface area contributed by atoms with Crippen LogP contribution in [0.1, 0.15) is 50.0 Å². The fourth-order valence-electron chi connectivity index (χ4n) is 4.12. The first kappa shape index (κ1) is 14.6. The van der Waals surface area contributed by atoms with E-state index < -0.39 is 0 Å². The van der Waals surface area contributed by atoms with E-state index in [1.54, 1.807) is 0 Å². The van der Waals surface area contributed by atoms with E-state index >= 15 is 0 Å². The Kier molecular flexibility index (Phi) is 4.83. The SMILES string of the molecule is BrCC(CN1CCC2(CCCC2)CC1)c1ccccc1. The summed E-state index contributed by atoms with van der Waals surface area (Å²) in [5.41, 5.74) is 2.22. The number of hydrogen-bond acceptors (Lipinski definition) is 1. The van der Waals surface area contributed by atoms with Gasteiger partial charge in [-0.05, 0) is 49.8 Å². The molecule has 0 amide bonds. The Bertz CT molecular complexity index is 401. The van der Waals surface area contributed by atoms with Crippen LogP contribution < -0.4 is 0 Å². The molecule has 0 bridgehead atoms. The summed E-state index contributed by atoms with van der Waals surface area (Å²) in [5.74, 6) is 0.633. The molecule has 1 spiro atoms. The first-order valence-corrected chi connectivity index (χ1v) is 9.27. The third kappa shape index (κ3) is 3.28. The van der Waals surface area contributed by atoms with Crippen LogP contribution in [0.3, 0.4) is 0 Å². The van der Waals surface area contributed by atoms with Crippen LogP contribution in [0.25, 0.3) is 0 Å². The van der Waals surface area contributed by atoms with Crippen LogP contribution >= 0.6 is 15.9 Å². The molecule has 2 heteroatoms. The highest BCUT2D eigenvalue weighted by Gasteiger charge is 2.37. The van der Waals surface area contributed by atoms with Gasteiger partial charge in [0.15, 0.2) is 0 Å². The summed E-state index contributed by atoms with van der Waals surface area (Å²) in [4.78, 5) is 2.70. The van der Waals surface area contributed by atoms with Crippen LogP contribution in [0.2, 0.25) is 0 Å². The van der Waals surface area contributed by atoms with Gasteiger partial charge in [0.25, 0.3) is 0 Å². The average Bonchev–Trinajstić information content (AvgIpc) is 2.96. The fraction of sp³-hybridized carbons (Fsp3) is 0.667. The molecule has 0 N–H and O–H groups in total. The van der Waals surface area contributed by atoms with Crippen molar-refractivity contribution >= 4 is 15.9 Å². The van der Waals surface area contributed by atoms with E-state index in [4.69, 9.17) is 0 Å². The molecule has 1 aromatic rings. The maximum absolute atomic E-state index is 3.71. The van der Waals surface area contributed by atoms with Crippen LogP contribution in [0.5, 0.6) is 0 Å². The normalized spacial score (nSPS) is 24.1. The maximum Gasteiger partial charge on any atom is 0.0112 e. The van der Waals surface area contributed by atoms with Crippen molar-refractivity contribution < 1.29 is 0 Å². The van der Waals surface area contributed by atoms with Crippen LogP contribution in [0.15, 0.2) is 30.3 Å². The van der Waals surface area contributed by atoms with Gasteiger partial charge in [-0.25, -0.2) is 0 Å². The van der Waals surface area contributed by atoms with Crippen molar-refractivity contribution in [2.24, 2.45) is 5.41 Å². The Morgan fingerprint density at radius 2 is 1.65 bits per heavy atom. The summed E-state index contributed by atoms with van der Waals surface area (Å²) in [6.45, 7) is 3.85. The number of rotatable bonds is 4. The summed E-state index contributed by atoms with van der Waals surface area (Å²) in [6.07, 6.45) is 8.85. The Balaban J connectivity index is 1.55. The van der Waals surface area contributed by atoms with E-state index in [1.807, 2.05) is 0 Å². The van der Waals surface area contributed by atoms with Crippen LogP contribution in [0.4, 0.5) is 0 Å². The minimum atomic E-state index is 0.633. The van der Waals surface area contributed by atoms with Gasteiger partial charge >= 0.3 is 0 Å². The first-order valence-electron chi connectivity index (χ1n) is 8.15. The van der Waals surface area contributed by atoms with Gasteiger partial charge < -0.3 is 4.90 Å². The molecule has 1 saturated heterocycles. The van der Waals surface area contributed by atoms with Gasteiger partial charge in [0.1, 0.15) is 0 Å². The van der Waals surface area contributed by atoms with Crippen molar-refractivity contribution in [2.45, 2.75) is 44.4 Å². The maximum atomic E-state index is 3.71. The van der Waals surface area contributed by atoms with Gasteiger partial charge in [-0.1, -0.05) is 59.1 Å². The van der Waals surface area contributed by atoms with Crippen molar-refractivity contribution in [1.29, 1.82) is 0 Å². The first-order chi connectivity index (χ1) is 9.81. The number of hydrogen-bond donors (Lipinski definition) is 0. The number of alkyl halides is 1. The highest BCUT2D eigenvalue weighted by Crippen LogP contribution is 2.46. The summed E-state index contributed by atoms with van der Waals surface area (Å²) in [6, 6.07) is 11.0. The van der Waals surface area contributed by atoms with E-state index in [-0.39, 0.29) is 0 Å². The van der Waals surface area contributed by atoms with E-state index in [1.165, 1.54) is 63.7 Å². The lowest BCUT2D eigenvalue weighted by Crippen LogP contribution is -2.40. The van der Waals surface area contributed by atoms with Crippen LogP contribution in [-0.2, 0) is 0 Å². The topological polar surface area (TPSA) is 3.24 Å². The molecule has 1 aromatic carbocycles. The molecule has 3 rings (SSSR count). The second-order valence-electron chi connectivity index (χ2n) is 6.77. The Hall–Kier alpha value is -0.340. The Morgan fingerprint density at radius 1 is 1.00 bits per heavy atom. The zero-order valence-electron chi connectivity index (χ0n) is 12.4. The Labute approximate surface area is 131 Å². The zero-order chi connectivity index (χ0) is 13.8. The molecule has 0 aromatic heterocycles.